The monoisotopic (exact) mass is 331 g/mol. The maximum atomic E-state index is 12.8. The van der Waals surface area contributed by atoms with Crippen LogP contribution in [0.2, 0.25) is 0 Å². The molecule has 1 saturated heterocycles. The van der Waals surface area contributed by atoms with Crippen LogP contribution in [0.5, 0.6) is 5.75 Å². The first-order chi connectivity index (χ1) is 11.8. The Balaban J connectivity index is 1.92. The number of para-hydroxylation sites is 1. The van der Waals surface area contributed by atoms with Crippen molar-refractivity contribution in [2.24, 2.45) is 0 Å². The molecule has 0 atom stereocenters. The van der Waals surface area contributed by atoms with Crippen molar-refractivity contribution in [3.63, 3.8) is 0 Å². The number of hydrogen-bond donors (Lipinski definition) is 0. The zero-order valence-corrected chi connectivity index (χ0v) is 14.2. The minimum absolute atomic E-state index is 0.00180. The third-order valence-corrected chi connectivity index (χ3v) is 4.01. The molecule has 1 fully saturated rings. The summed E-state index contributed by atoms with van der Waals surface area (Å²) in [5.41, 5.74) is 0.597. The predicted octanol–water partition coefficient (Wildman–Crippen LogP) is 1.77. The van der Waals surface area contributed by atoms with Crippen molar-refractivity contribution in [1.82, 2.24) is 9.80 Å². The van der Waals surface area contributed by atoms with E-state index in [0.717, 1.165) is 19.6 Å². The molecular formula is C18H25N3O3. The minimum atomic E-state index is 0.00180. The summed E-state index contributed by atoms with van der Waals surface area (Å²) in [5, 5.41) is 8.66. The van der Waals surface area contributed by atoms with Gasteiger partial charge in [-0.15, -0.1) is 0 Å². The minimum Gasteiger partial charge on any atom is -0.490 e. The second-order valence-electron chi connectivity index (χ2n) is 5.58. The summed E-state index contributed by atoms with van der Waals surface area (Å²) < 4.78 is 11.0. The van der Waals surface area contributed by atoms with Crippen molar-refractivity contribution >= 4 is 5.91 Å². The first-order valence-corrected chi connectivity index (χ1v) is 8.44. The summed E-state index contributed by atoms with van der Waals surface area (Å²) in [6.07, 6.45) is 0.532. The molecule has 6 nitrogen and oxygen atoms in total. The Kier molecular flexibility index (Phi) is 7.53. The van der Waals surface area contributed by atoms with Crippen LogP contribution in [0.1, 0.15) is 23.7 Å². The number of nitriles is 1. The number of carbonyl (C=O) groups excluding carboxylic acids is 1. The molecule has 2 rings (SSSR count). The molecule has 0 unspecified atom stereocenters. The molecule has 0 spiro atoms. The van der Waals surface area contributed by atoms with Crippen LogP contribution < -0.4 is 4.74 Å². The van der Waals surface area contributed by atoms with Crippen LogP contribution in [0.15, 0.2) is 24.3 Å². The number of benzene rings is 1. The lowest BCUT2D eigenvalue weighted by Gasteiger charge is -2.34. The van der Waals surface area contributed by atoms with E-state index in [4.69, 9.17) is 14.7 Å². The molecule has 1 heterocycles. The molecule has 0 saturated carbocycles. The lowest BCUT2D eigenvalue weighted by atomic mass is 10.1. The van der Waals surface area contributed by atoms with Gasteiger partial charge in [-0.1, -0.05) is 12.1 Å². The smallest absolute Gasteiger partial charge is 0.257 e. The van der Waals surface area contributed by atoms with Gasteiger partial charge in [0.15, 0.2) is 0 Å². The lowest BCUT2D eigenvalue weighted by Crippen LogP contribution is -2.48. The van der Waals surface area contributed by atoms with Crippen molar-refractivity contribution in [2.75, 3.05) is 52.5 Å². The van der Waals surface area contributed by atoms with Gasteiger partial charge in [-0.3, -0.25) is 9.69 Å². The molecule has 6 heteroatoms. The SMILES string of the molecule is CCOCCOc1ccccc1C(=O)N1CCN(CCC#N)CC1. The van der Waals surface area contributed by atoms with E-state index in [9.17, 15) is 4.79 Å². The molecule has 1 aromatic rings. The highest BCUT2D eigenvalue weighted by Gasteiger charge is 2.23. The average Bonchev–Trinajstić information content (AvgIpc) is 2.64. The number of ether oxygens (including phenoxy) is 2. The van der Waals surface area contributed by atoms with Crippen LogP contribution in [0, 0.1) is 11.3 Å². The largest absolute Gasteiger partial charge is 0.490 e. The quantitative estimate of drug-likeness (QED) is 0.679. The summed E-state index contributed by atoms with van der Waals surface area (Å²) >= 11 is 0. The lowest BCUT2D eigenvalue weighted by molar-refractivity contribution is 0.0631. The Bertz CT molecular complexity index is 563. The number of hydrogen-bond acceptors (Lipinski definition) is 5. The number of amides is 1. The van der Waals surface area contributed by atoms with Gasteiger partial charge in [0.2, 0.25) is 0 Å². The molecule has 1 aromatic carbocycles. The molecular weight excluding hydrogens is 306 g/mol. The molecule has 0 aliphatic carbocycles. The molecule has 1 amide bonds. The van der Waals surface area contributed by atoms with Gasteiger partial charge >= 0.3 is 0 Å². The Morgan fingerprint density at radius 1 is 1.21 bits per heavy atom. The Morgan fingerprint density at radius 3 is 2.67 bits per heavy atom. The second-order valence-corrected chi connectivity index (χ2v) is 5.58. The average molecular weight is 331 g/mol. The second kappa shape index (κ2) is 9.91. The standard InChI is InChI=1S/C18H25N3O3/c1-2-23-14-15-24-17-7-4-3-6-16(17)18(22)21-12-10-20(11-13-21)9-5-8-19/h3-4,6-7H,2,5,9-15H2,1H3. The van der Waals surface area contributed by atoms with E-state index in [0.29, 0.717) is 50.6 Å². The Labute approximate surface area is 143 Å². The van der Waals surface area contributed by atoms with E-state index in [1.807, 2.05) is 30.0 Å². The van der Waals surface area contributed by atoms with Crippen LogP contribution in [0.25, 0.3) is 0 Å². The molecule has 0 N–H and O–H groups in total. The van der Waals surface area contributed by atoms with Gasteiger partial charge in [0.25, 0.3) is 5.91 Å². The van der Waals surface area contributed by atoms with Crippen LogP contribution in [-0.4, -0.2) is 68.3 Å². The predicted molar refractivity (Wildman–Crippen MR) is 91.0 cm³/mol. The third-order valence-electron chi connectivity index (χ3n) is 4.01. The third kappa shape index (κ3) is 5.22. The molecule has 24 heavy (non-hydrogen) atoms. The fourth-order valence-corrected chi connectivity index (χ4v) is 2.68. The summed E-state index contributed by atoms with van der Waals surface area (Å²) in [6, 6.07) is 9.51. The molecule has 130 valence electrons. The normalized spacial score (nSPS) is 15.1. The Morgan fingerprint density at radius 2 is 1.96 bits per heavy atom. The van der Waals surface area contributed by atoms with Crippen molar-refractivity contribution in [3.05, 3.63) is 29.8 Å². The maximum Gasteiger partial charge on any atom is 0.257 e. The van der Waals surface area contributed by atoms with Gasteiger partial charge in [0.1, 0.15) is 12.4 Å². The molecule has 1 aliphatic rings. The number of rotatable bonds is 8. The molecule has 0 aromatic heterocycles. The van der Waals surface area contributed by atoms with E-state index in [1.165, 1.54) is 0 Å². The summed E-state index contributed by atoms with van der Waals surface area (Å²) in [6.45, 7) is 7.27. The first-order valence-electron chi connectivity index (χ1n) is 8.44. The van der Waals surface area contributed by atoms with Crippen molar-refractivity contribution in [3.8, 4) is 11.8 Å². The topological polar surface area (TPSA) is 65.8 Å². The Hall–Kier alpha value is -2.10. The zero-order valence-electron chi connectivity index (χ0n) is 14.2. The van der Waals surface area contributed by atoms with E-state index in [2.05, 4.69) is 11.0 Å². The van der Waals surface area contributed by atoms with Crippen LogP contribution in [0.3, 0.4) is 0 Å². The van der Waals surface area contributed by atoms with E-state index in [-0.39, 0.29) is 5.91 Å². The van der Waals surface area contributed by atoms with Crippen molar-refractivity contribution in [1.29, 1.82) is 5.26 Å². The molecule has 0 radical (unpaired) electrons. The number of carbonyl (C=O) groups is 1. The van der Waals surface area contributed by atoms with Crippen LogP contribution in [0.4, 0.5) is 0 Å². The highest BCUT2D eigenvalue weighted by molar-refractivity contribution is 5.97. The van der Waals surface area contributed by atoms with Gasteiger partial charge in [0.05, 0.1) is 18.2 Å². The maximum absolute atomic E-state index is 12.8. The highest BCUT2D eigenvalue weighted by Crippen LogP contribution is 2.20. The molecule has 1 aliphatic heterocycles. The van der Waals surface area contributed by atoms with Crippen LogP contribution >= 0.6 is 0 Å². The number of piperazine rings is 1. The summed E-state index contributed by atoms with van der Waals surface area (Å²) in [4.78, 5) is 16.8. The number of nitrogens with zero attached hydrogens (tertiary/aromatic N) is 3. The van der Waals surface area contributed by atoms with E-state index < -0.39 is 0 Å². The van der Waals surface area contributed by atoms with Gasteiger partial charge in [0, 0.05) is 45.8 Å². The van der Waals surface area contributed by atoms with Gasteiger partial charge in [-0.05, 0) is 19.1 Å². The van der Waals surface area contributed by atoms with Crippen molar-refractivity contribution < 1.29 is 14.3 Å². The van der Waals surface area contributed by atoms with Crippen molar-refractivity contribution in [2.45, 2.75) is 13.3 Å². The van der Waals surface area contributed by atoms with Gasteiger partial charge in [-0.25, -0.2) is 0 Å². The fourth-order valence-electron chi connectivity index (χ4n) is 2.68. The van der Waals surface area contributed by atoms with E-state index >= 15 is 0 Å². The summed E-state index contributed by atoms with van der Waals surface area (Å²) in [7, 11) is 0. The molecule has 0 bridgehead atoms. The summed E-state index contributed by atoms with van der Waals surface area (Å²) in [5.74, 6) is 0.607. The van der Waals surface area contributed by atoms with Gasteiger partial charge in [-0.2, -0.15) is 5.26 Å². The fraction of sp³-hybridized carbons (Fsp3) is 0.556. The van der Waals surface area contributed by atoms with Crippen LogP contribution in [-0.2, 0) is 4.74 Å². The van der Waals surface area contributed by atoms with Gasteiger partial charge < -0.3 is 14.4 Å². The zero-order chi connectivity index (χ0) is 17.2. The highest BCUT2D eigenvalue weighted by atomic mass is 16.5. The first kappa shape index (κ1) is 18.2. The van der Waals surface area contributed by atoms with E-state index in [1.54, 1.807) is 6.07 Å².